The molecule has 0 atom stereocenters. The van der Waals surface area contributed by atoms with Crippen molar-refractivity contribution < 1.29 is 23.5 Å². The standard InChI is InChI=1S/C23H24N2O5/c1-3-14(4-2)22(26)25-20-16-7-5-6-8-17(16)30-21(20)23(27)24-15-9-10-18-19(13-15)29-12-11-28-18/h5-10,13-14H,3-4,11-12H2,1-2H3,(H,24,27)(H,25,26). The van der Waals surface area contributed by atoms with Crippen LogP contribution in [-0.4, -0.2) is 25.0 Å². The molecule has 0 aliphatic carbocycles. The van der Waals surface area contributed by atoms with Gasteiger partial charge in [-0.3, -0.25) is 9.59 Å². The van der Waals surface area contributed by atoms with Gasteiger partial charge < -0.3 is 24.5 Å². The lowest BCUT2D eigenvalue weighted by molar-refractivity contribution is -0.120. The molecule has 30 heavy (non-hydrogen) atoms. The Morgan fingerprint density at radius 2 is 1.70 bits per heavy atom. The van der Waals surface area contributed by atoms with E-state index in [2.05, 4.69) is 10.6 Å². The molecule has 0 bridgehead atoms. The van der Waals surface area contributed by atoms with Gasteiger partial charge in [0.2, 0.25) is 11.7 Å². The molecule has 2 aromatic carbocycles. The Morgan fingerprint density at radius 3 is 2.47 bits per heavy atom. The van der Waals surface area contributed by atoms with E-state index in [0.717, 1.165) is 12.8 Å². The van der Waals surface area contributed by atoms with Crippen molar-refractivity contribution in [1.82, 2.24) is 0 Å². The number of furan rings is 1. The molecule has 0 saturated carbocycles. The van der Waals surface area contributed by atoms with Crippen LogP contribution in [0.5, 0.6) is 11.5 Å². The van der Waals surface area contributed by atoms with Gasteiger partial charge in [-0.05, 0) is 37.1 Å². The van der Waals surface area contributed by atoms with Crippen LogP contribution in [-0.2, 0) is 4.79 Å². The van der Waals surface area contributed by atoms with Crippen LogP contribution in [0.2, 0.25) is 0 Å². The summed E-state index contributed by atoms with van der Waals surface area (Å²) in [5.74, 6) is 0.562. The molecular weight excluding hydrogens is 384 g/mol. The van der Waals surface area contributed by atoms with Crippen molar-refractivity contribution in [3.05, 3.63) is 48.2 Å². The maximum atomic E-state index is 13.0. The summed E-state index contributed by atoms with van der Waals surface area (Å²) in [5, 5.41) is 6.42. The summed E-state index contributed by atoms with van der Waals surface area (Å²) < 4.78 is 16.9. The van der Waals surface area contributed by atoms with Crippen molar-refractivity contribution in [3.63, 3.8) is 0 Å². The first kappa shape index (κ1) is 19.8. The molecule has 1 aromatic heterocycles. The van der Waals surface area contributed by atoms with E-state index >= 15 is 0 Å². The van der Waals surface area contributed by atoms with Gasteiger partial charge in [-0.1, -0.05) is 26.0 Å². The van der Waals surface area contributed by atoms with Gasteiger partial charge in [0.25, 0.3) is 5.91 Å². The maximum absolute atomic E-state index is 13.0. The van der Waals surface area contributed by atoms with Crippen LogP contribution in [0.15, 0.2) is 46.9 Å². The largest absolute Gasteiger partial charge is 0.486 e. The van der Waals surface area contributed by atoms with Crippen LogP contribution in [0, 0.1) is 5.92 Å². The van der Waals surface area contributed by atoms with E-state index in [1.165, 1.54) is 0 Å². The predicted octanol–water partition coefficient (Wildman–Crippen LogP) is 4.83. The van der Waals surface area contributed by atoms with E-state index in [1.807, 2.05) is 32.0 Å². The molecule has 0 fully saturated rings. The minimum atomic E-state index is -0.456. The number of ether oxygens (including phenoxy) is 2. The fourth-order valence-electron chi connectivity index (χ4n) is 3.52. The summed E-state index contributed by atoms with van der Waals surface area (Å²) >= 11 is 0. The molecular formula is C23H24N2O5. The number of amides is 2. The van der Waals surface area contributed by atoms with E-state index in [-0.39, 0.29) is 17.6 Å². The first-order valence-electron chi connectivity index (χ1n) is 10.1. The highest BCUT2D eigenvalue weighted by Gasteiger charge is 2.25. The summed E-state index contributed by atoms with van der Waals surface area (Å²) in [6, 6.07) is 12.4. The molecule has 0 saturated heterocycles. The molecule has 156 valence electrons. The van der Waals surface area contributed by atoms with Crippen molar-refractivity contribution in [1.29, 1.82) is 0 Å². The van der Waals surface area contributed by atoms with Crippen LogP contribution in [0.25, 0.3) is 11.0 Å². The van der Waals surface area contributed by atoms with E-state index < -0.39 is 5.91 Å². The minimum Gasteiger partial charge on any atom is -0.486 e. The summed E-state index contributed by atoms with van der Waals surface area (Å²) in [4.78, 5) is 25.7. The number of hydrogen-bond donors (Lipinski definition) is 2. The van der Waals surface area contributed by atoms with E-state index in [1.54, 1.807) is 24.3 Å². The summed E-state index contributed by atoms with van der Waals surface area (Å²) in [6.07, 6.45) is 1.44. The van der Waals surface area contributed by atoms with Crippen molar-refractivity contribution in [2.45, 2.75) is 26.7 Å². The third kappa shape index (κ3) is 3.83. The Balaban J connectivity index is 1.64. The zero-order chi connectivity index (χ0) is 21.1. The third-order valence-electron chi connectivity index (χ3n) is 5.21. The number of rotatable bonds is 6. The zero-order valence-electron chi connectivity index (χ0n) is 17.0. The van der Waals surface area contributed by atoms with Crippen molar-refractivity contribution in [2.75, 3.05) is 23.8 Å². The fraction of sp³-hybridized carbons (Fsp3) is 0.304. The number of para-hydroxylation sites is 1. The van der Waals surface area contributed by atoms with Crippen molar-refractivity contribution in [3.8, 4) is 11.5 Å². The van der Waals surface area contributed by atoms with Crippen LogP contribution in [0.3, 0.4) is 0 Å². The van der Waals surface area contributed by atoms with Gasteiger partial charge in [-0.25, -0.2) is 0 Å². The van der Waals surface area contributed by atoms with Crippen LogP contribution in [0.4, 0.5) is 11.4 Å². The lowest BCUT2D eigenvalue weighted by atomic mass is 10.0. The Labute approximate surface area is 174 Å². The van der Waals surface area contributed by atoms with Crippen molar-refractivity contribution in [2.24, 2.45) is 5.92 Å². The number of fused-ring (bicyclic) bond motifs is 2. The Morgan fingerprint density at radius 1 is 0.967 bits per heavy atom. The molecule has 0 radical (unpaired) electrons. The lowest BCUT2D eigenvalue weighted by Gasteiger charge is -2.19. The van der Waals surface area contributed by atoms with Gasteiger partial charge in [0.05, 0.1) is 0 Å². The number of benzene rings is 2. The number of carbonyl (C=O) groups excluding carboxylic acids is 2. The summed E-state index contributed by atoms with van der Waals surface area (Å²) in [5.41, 5.74) is 1.46. The van der Waals surface area contributed by atoms with Crippen molar-refractivity contribution >= 4 is 34.2 Å². The normalized spacial score (nSPS) is 12.8. The number of hydrogen-bond acceptors (Lipinski definition) is 5. The highest BCUT2D eigenvalue weighted by molar-refractivity contribution is 6.14. The van der Waals surface area contributed by atoms with E-state index in [9.17, 15) is 9.59 Å². The minimum absolute atomic E-state index is 0.0606. The fourth-order valence-corrected chi connectivity index (χ4v) is 3.52. The van der Waals surface area contributed by atoms with E-state index in [0.29, 0.717) is 47.1 Å². The van der Waals surface area contributed by atoms with Gasteiger partial charge in [0.1, 0.15) is 24.5 Å². The Bertz CT molecular complexity index is 1080. The van der Waals surface area contributed by atoms with Gasteiger partial charge in [0, 0.05) is 23.1 Å². The van der Waals surface area contributed by atoms with Gasteiger partial charge in [-0.2, -0.15) is 0 Å². The third-order valence-corrected chi connectivity index (χ3v) is 5.21. The summed E-state index contributed by atoms with van der Waals surface area (Å²) in [6.45, 7) is 4.89. The topological polar surface area (TPSA) is 89.8 Å². The first-order chi connectivity index (χ1) is 14.6. The molecule has 2 heterocycles. The molecule has 0 unspecified atom stereocenters. The second kappa shape index (κ2) is 8.49. The zero-order valence-corrected chi connectivity index (χ0v) is 17.0. The molecule has 2 N–H and O–H groups in total. The number of carbonyl (C=O) groups is 2. The molecule has 1 aliphatic rings. The SMILES string of the molecule is CCC(CC)C(=O)Nc1c(C(=O)Nc2ccc3c(c2)OCCO3)oc2ccccc12. The van der Waals surface area contributed by atoms with Gasteiger partial charge in [-0.15, -0.1) is 0 Å². The molecule has 2 amide bonds. The maximum Gasteiger partial charge on any atom is 0.293 e. The Hall–Kier alpha value is -3.48. The number of nitrogens with one attached hydrogen (secondary N) is 2. The van der Waals surface area contributed by atoms with Gasteiger partial charge >= 0.3 is 0 Å². The lowest BCUT2D eigenvalue weighted by Crippen LogP contribution is -2.23. The summed E-state index contributed by atoms with van der Waals surface area (Å²) in [7, 11) is 0. The first-order valence-corrected chi connectivity index (χ1v) is 10.1. The quantitative estimate of drug-likeness (QED) is 0.610. The molecule has 0 spiro atoms. The molecule has 3 aromatic rings. The van der Waals surface area contributed by atoms with Crippen LogP contribution >= 0.6 is 0 Å². The molecule has 7 heteroatoms. The average molecular weight is 408 g/mol. The Kier molecular flexibility index (Phi) is 5.61. The monoisotopic (exact) mass is 408 g/mol. The molecule has 7 nitrogen and oxygen atoms in total. The highest BCUT2D eigenvalue weighted by Crippen LogP contribution is 2.35. The van der Waals surface area contributed by atoms with Gasteiger partial charge in [0.15, 0.2) is 11.5 Å². The number of anilines is 2. The second-order valence-electron chi connectivity index (χ2n) is 7.12. The second-order valence-corrected chi connectivity index (χ2v) is 7.12. The molecule has 1 aliphatic heterocycles. The smallest absolute Gasteiger partial charge is 0.293 e. The molecule has 4 rings (SSSR count). The van der Waals surface area contributed by atoms with Crippen LogP contribution in [0.1, 0.15) is 37.2 Å². The van der Waals surface area contributed by atoms with Crippen LogP contribution < -0.4 is 20.1 Å². The predicted molar refractivity (Wildman–Crippen MR) is 114 cm³/mol. The highest BCUT2D eigenvalue weighted by atomic mass is 16.6. The van der Waals surface area contributed by atoms with E-state index in [4.69, 9.17) is 13.9 Å². The average Bonchev–Trinajstić information content (AvgIpc) is 3.13.